The van der Waals surface area contributed by atoms with Gasteiger partial charge in [-0.05, 0) is 47.4 Å². The molecule has 2 rings (SSSR count). The van der Waals surface area contributed by atoms with E-state index in [1.54, 1.807) is 0 Å². The first-order chi connectivity index (χ1) is 9.21. The monoisotopic (exact) mass is 313 g/mol. The average Bonchev–Trinajstić information content (AvgIpc) is 2.76. The molecule has 0 aromatic heterocycles. The van der Waals surface area contributed by atoms with E-state index in [2.05, 4.69) is 46.0 Å². The summed E-state index contributed by atoms with van der Waals surface area (Å²) in [5.41, 5.74) is 2.07. The Morgan fingerprint density at radius 3 is 2.15 bits per heavy atom. The summed E-state index contributed by atoms with van der Waals surface area (Å²) >= 11 is 12.1. The quantitative estimate of drug-likeness (QED) is 0.733. The molecule has 1 fully saturated rings. The molecule has 0 radical (unpaired) electrons. The normalized spacial score (nSPS) is 21.8. The van der Waals surface area contributed by atoms with Crippen LogP contribution in [-0.2, 0) is 0 Å². The zero-order valence-corrected chi connectivity index (χ0v) is 14.6. The molecule has 1 unspecified atom stereocenters. The van der Waals surface area contributed by atoms with Crippen LogP contribution in [0.1, 0.15) is 52.6 Å². The first-order valence-electron chi connectivity index (χ1n) is 7.40. The van der Waals surface area contributed by atoms with Gasteiger partial charge in [0.25, 0.3) is 0 Å². The molecule has 1 atom stereocenters. The summed E-state index contributed by atoms with van der Waals surface area (Å²) in [6, 6.07) is 6.28. The zero-order valence-electron chi connectivity index (χ0n) is 13.1. The van der Waals surface area contributed by atoms with Crippen molar-refractivity contribution >= 4 is 23.2 Å². The molecule has 20 heavy (non-hydrogen) atoms. The van der Waals surface area contributed by atoms with E-state index in [1.165, 1.54) is 5.56 Å². The van der Waals surface area contributed by atoms with E-state index >= 15 is 0 Å². The minimum atomic E-state index is 0.344. The van der Waals surface area contributed by atoms with Gasteiger partial charge in [0, 0.05) is 6.04 Å². The predicted octanol–water partition coefficient (Wildman–Crippen LogP) is 5.72. The minimum absolute atomic E-state index is 0.344. The summed E-state index contributed by atoms with van der Waals surface area (Å²) in [5.74, 6) is 0.729. The third-order valence-electron chi connectivity index (χ3n) is 5.64. The summed E-state index contributed by atoms with van der Waals surface area (Å²) in [7, 11) is 0. The fourth-order valence-corrected chi connectivity index (χ4v) is 3.64. The van der Waals surface area contributed by atoms with E-state index in [1.807, 2.05) is 12.1 Å². The van der Waals surface area contributed by atoms with Gasteiger partial charge >= 0.3 is 0 Å². The van der Waals surface area contributed by atoms with Crippen LogP contribution in [0.15, 0.2) is 18.2 Å². The molecule has 0 spiro atoms. The van der Waals surface area contributed by atoms with Gasteiger partial charge in [-0.15, -0.1) is 0 Å². The van der Waals surface area contributed by atoms with Gasteiger partial charge in [0.2, 0.25) is 0 Å². The first kappa shape index (κ1) is 16.1. The van der Waals surface area contributed by atoms with Crippen molar-refractivity contribution in [2.75, 3.05) is 6.54 Å². The van der Waals surface area contributed by atoms with Gasteiger partial charge in [-0.25, -0.2) is 0 Å². The molecule has 1 aliphatic carbocycles. The Hall–Kier alpha value is -0.240. The van der Waals surface area contributed by atoms with Crippen LogP contribution in [-0.4, -0.2) is 6.54 Å². The van der Waals surface area contributed by atoms with Crippen LogP contribution >= 0.6 is 23.2 Å². The second-order valence-corrected chi connectivity index (χ2v) is 7.85. The van der Waals surface area contributed by atoms with Gasteiger partial charge in [-0.2, -0.15) is 0 Å². The molecule has 0 bridgehead atoms. The largest absolute Gasteiger partial charge is 0.310 e. The maximum absolute atomic E-state index is 6.12. The SMILES string of the molecule is CCC(NCC1C(C)(C)C1(C)C)c1ccc(Cl)c(Cl)c1. The van der Waals surface area contributed by atoms with Gasteiger partial charge in [0.05, 0.1) is 10.0 Å². The van der Waals surface area contributed by atoms with E-state index in [-0.39, 0.29) is 0 Å². The van der Waals surface area contributed by atoms with Gasteiger partial charge < -0.3 is 5.32 Å². The summed E-state index contributed by atoms with van der Waals surface area (Å²) in [5, 5.41) is 4.96. The zero-order chi connectivity index (χ0) is 15.1. The molecule has 112 valence electrons. The summed E-state index contributed by atoms with van der Waals surface area (Å²) in [4.78, 5) is 0. The fraction of sp³-hybridized carbons (Fsp3) is 0.647. The second kappa shape index (κ2) is 5.51. The highest BCUT2D eigenvalue weighted by Gasteiger charge is 2.63. The molecule has 1 nitrogen and oxygen atoms in total. The topological polar surface area (TPSA) is 12.0 Å². The number of benzene rings is 1. The van der Waals surface area contributed by atoms with Crippen LogP contribution in [0.2, 0.25) is 10.0 Å². The summed E-state index contributed by atoms with van der Waals surface area (Å²) in [6.07, 6.45) is 1.05. The van der Waals surface area contributed by atoms with Crippen LogP contribution in [0.3, 0.4) is 0 Å². The van der Waals surface area contributed by atoms with E-state index in [0.717, 1.165) is 18.9 Å². The van der Waals surface area contributed by atoms with Crippen molar-refractivity contribution in [1.29, 1.82) is 0 Å². The van der Waals surface area contributed by atoms with Crippen LogP contribution < -0.4 is 5.32 Å². The molecule has 1 aromatic carbocycles. The maximum atomic E-state index is 6.12. The number of hydrogen-bond donors (Lipinski definition) is 1. The molecule has 1 N–H and O–H groups in total. The highest BCUT2D eigenvalue weighted by molar-refractivity contribution is 6.42. The third-order valence-corrected chi connectivity index (χ3v) is 6.38. The second-order valence-electron chi connectivity index (χ2n) is 7.04. The van der Waals surface area contributed by atoms with Gasteiger partial charge in [0.1, 0.15) is 0 Å². The lowest BCUT2D eigenvalue weighted by Gasteiger charge is -2.19. The first-order valence-corrected chi connectivity index (χ1v) is 8.15. The molecule has 0 aliphatic heterocycles. The lowest BCUT2D eigenvalue weighted by molar-refractivity contribution is 0.457. The summed E-state index contributed by atoms with van der Waals surface area (Å²) in [6.45, 7) is 12.7. The Kier molecular flexibility index (Phi) is 4.45. The van der Waals surface area contributed by atoms with Gasteiger partial charge in [-0.1, -0.05) is 63.9 Å². The number of halogens is 2. The lowest BCUT2D eigenvalue weighted by Crippen LogP contribution is -2.24. The molecular weight excluding hydrogens is 289 g/mol. The Balaban J connectivity index is 2.02. The highest BCUT2D eigenvalue weighted by atomic mass is 35.5. The third kappa shape index (κ3) is 2.73. The molecule has 1 saturated carbocycles. The minimum Gasteiger partial charge on any atom is -0.310 e. The molecule has 1 aromatic rings. The maximum Gasteiger partial charge on any atom is 0.0595 e. The van der Waals surface area contributed by atoms with Gasteiger partial charge in [-0.3, -0.25) is 0 Å². The summed E-state index contributed by atoms with van der Waals surface area (Å²) < 4.78 is 0. The number of rotatable bonds is 5. The fourth-order valence-electron chi connectivity index (χ4n) is 3.33. The average molecular weight is 314 g/mol. The lowest BCUT2D eigenvalue weighted by atomic mass is 10.0. The number of nitrogens with one attached hydrogen (secondary N) is 1. The standard InChI is InChI=1S/C17H25Cl2N/c1-6-14(11-7-8-12(18)13(19)9-11)20-10-15-16(2,3)17(15,4)5/h7-9,14-15,20H,6,10H2,1-5H3. The van der Waals surface area contributed by atoms with Crippen LogP contribution in [0, 0.1) is 16.7 Å². The van der Waals surface area contributed by atoms with Crippen molar-refractivity contribution in [3.05, 3.63) is 33.8 Å². The Labute approximate surface area is 133 Å². The van der Waals surface area contributed by atoms with Gasteiger partial charge in [0.15, 0.2) is 0 Å². The predicted molar refractivity (Wildman–Crippen MR) is 88.5 cm³/mol. The van der Waals surface area contributed by atoms with Crippen molar-refractivity contribution in [3.8, 4) is 0 Å². The van der Waals surface area contributed by atoms with E-state index in [4.69, 9.17) is 23.2 Å². The van der Waals surface area contributed by atoms with Crippen molar-refractivity contribution in [2.45, 2.75) is 47.1 Å². The van der Waals surface area contributed by atoms with E-state index in [0.29, 0.717) is 26.9 Å². The van der Waals surface area contributed by atoms with Crippen molar-refractivity contribution in [2.24, 2.45) is 16.7 Å². The molecule has 3 heteroatoms. The molecular formula is C17H25Cl2N. The Morgan fingerprint density at radius 2 is 1.70 bits per heavy atom. The van der Waals surface area contributed by atoms with Crippen LogP contribution in [0.4, 0.5) is 0 Å². The van der Waals surface area contributed by atoms with Crippen molar-refractivity contribution in [3.63, 3.8) is 0 Å². The van der Waals surface area contributed by atoms with Crippen LogP contribution in [0.25, 0.3) is 0 Å². The molecule has 0 amide bonds. The molecule has 0 heterocycles. The molecule has 0 saturated heterocycles. The Morgan fingerprint density at radius 1 is 1.10 bits per heavy atom. The highest BCUT2D eigenvalue weighted by Crippen LogP contribution is 2.68. The van der Waals surface area contributed by atoms with Crippen molar-refractivity contribution < 1.29 is 0 Å². The van der Waals surface area contributed by atoms with E-state index in [9.17, 15) is 0 Å². The van der Waals surface area contributed by atoms with Crippen molar-refractivity contribution in [1.82, 2.24) is 5.32 Å². The number of hydrogen-bond acceptors (Lipinski definition) is 1. The van der Waals surface area contributed by atoms with Crippen LogP contribution in [0.5, 0.6) is 0 Å². The smallest absolute Gasteiger partial charge is 0.0595 e. The Bertz CT molecular complexity index is 480. The molecule has 1 aliphatic rings. The van der Waals surface area contributed by atoms with E-state index < -0.39 is 0 Å².